The summed E-state index contributed by atoms with van der Waals surface area (Å²) < 4.78 is 27.2. The predicted octanol–water partition coefficient (Wildman–Crippen LogP) is 0.573. The maximum Gasteiger partial charge on any atom is 0.240 e. The number of nitrogen functional groups attached to an aromatic ring is 1. The molecule has 1 aromatic rings. The second-order valence-corrected chi connectivity index (χ2v) is 7.51. The fourth-order valence-corrected chi connectivity index (χ4v) is 3.73. The van der Waals surface area contributed by atoms with Crippen molar-refractivity contribution in [1.82, 2.24) is 14.5 Å². The first-order chi connectivity index (χ1) is 10.4. The normalized spacial score (nSPS) is 19.2. The molecule has 0 saturated carbocycles. The van der Waals surface area contributed by atoms with E-state index in [0.717, 1.165) is 32.7 Å². The minimum atomic E-state index is -3.47. The van der Waals surface area contributed by atoms with E-state index < -0.39 is 10.0 Å². The molecule has 0 radical (unpaired) electrons. The van der Waals surface area contributed by atoms with Crippen molar-refractivity contribution in [2.75, 3.05) is 45.0 Å². The topological polar surface area (TPSA) is 78.7 Å². The molecule has 2 rings (SSSR count). The number of piperazine rings is 1. The molecule has 1 saturated heterocycles. The summed E-state index contributed by atoms with van der Waals surface area (Å²) in [6.07, 6.45) is 0. The lowest BCUT2D eigenvalue weighted by atomic mass is 10.2. The molecule has 7 heteroatoms. The zero-order valence-corrected chi connectivity index (χ0v) is 14.1. The average molecular weight is 326 g/mol. The van der Waals surface area contributed by atoms with Gasteiger partial charge in [0.2, 0.25) is 10.0 Å². The summed E-state index contributed by atoms with van der Waals surface area (Å²) in [5.41, 5.74) is 6.14. The molecule has 0 aliphatic carbocycles. The van der Waals surface area contributed by atoms with Gasteiger partial charge in [-0.1, -0.05) is 6.92 Å². The molecule has 1 aliphatic rings. The third-order valence-electron chi connectivity index (χ3n) is 4.24. The van der Waals surface area contributed by atoms with E-state index >= 15 is 0 Å². The molecule has 0 aromatic heterocycles. The van der Waals surface area contributed by atoms with Crippen LogP contribution in [0.15, 0.2) is 29.2 Å². The average Bonchev–Trinajstić information content (AvgIpc) is 2.53. The van der Waals surface area contributed by atoms with Gasteiger partial charge in [-0.05, 0) is 37.7 Å². The van der Waals surface area contributed by atoms with Gasteiger partial charge >= 0.3 is 0 Å². The van der Waals surface area contributed by atoms with E-state index in [0.29, 0.717) is 12.2 Å². The molecule has 22 heavy (non-hydrogen) atoms. The Bertz CT molecular complexity index is 566. The zero-order valence-electron chi connectivity index (χ0n) is 13.3. The minimum Gasteiger partial charge on any atom is -0.399 e. The number of likely N-dealkylation sites (N-methyl/N-ethyl adjacent to an activating group) is 1. The zero-order chi connectivity index (χ0) is 16.2. The van der Waals surface area contributed by atoms with Crippen LogP contribution in [0.5, 0.6) is 0 Å². The molecule has 1 atom stereocenters. The van der Waals surface area contributed by atoms with Crippen LogP contribution in [0.2, 0.25) is 0 Å². The van der Waals surface area contributed by atoms with Crippen molar-refractivity contribution in [1.29, 1.82) is 0 Å². The summed E-state index contributed by atoms with van der Waals surface area (Å²) in [6, 6.07) is 6.44. The third-order valence-corrected chi connectivity index (χ3v) is 5.68. The van der Waals surface area contributed by atoms with Gasteiger partial charge in [-0.3, -0.25) is 4.90 Å². The fraction of sp³-hybridized carbons (Fsp3) is 0.600. The number of sulfonamides is 1. The van der Waals surface area contributed by atoms with Crippen LogP contribution in [0.4, 0.5) is 5.69 Å². The molecular weight excluding hydrogens is 300 g/mol. The lowest BCUT2D eigenvalue weighted by Crippen LogP contribution is -2.52. The predicted molar refractivity (Wildman–Crippen MR) is 89.2 cm³/mol. The Hall–Kier alpha value is -1.15. The molecule has 0 amide bonds. The first-order valence-electron chi connectivity index (χ1n) is 7.74. The fourth-order valence-electron chi connectivity index (χ4n) is 2.61. The molecule has 0 spiro atoms. The highest BCUT2D eigenvalue weighted by Gasteiger charge is 2.22. The molecule has 1 fully saturated rings. The smallest absolute Gasteiger partial charge is 0.240 e. The molecule has 1 aromatic carbocycles. The highest BCUT2D eigenvalue weighted by atomic mass is 32.2. The highest BCUT2D eigenvalue weighted by Crippen LogP contribution is 2.12. The Morgan fingerprint density at radius 2 is 1.77 bits per heavy atom. The van der Waals surface area contributed by atoms with Crippen molar-refractivity contribution in [3.8, 4) is 0 Å². The first kappa shape index (κ1) is 17.2. The Morgan fingerprint density at radius 1 is 1.18 bits per heavy atom. The first-order valence-corrected chi connectivity index (χ1v) is 9.22. The standard InChI is InChI=1S/C15H26N4O2S/c1-3-18-8-10-19(11-9-18)13(2)12-17-22(20,21)15-6-4-14(16)5-7-15/h4-7,13,17H,3,8-12,16H2,1-2H3/t13-/m1/s1. The van der Waals surface area contributed by atoms with Crippen molar-refractivity contribution in [3.63, 3.8) is 0 Å². The summed E-state index contributed by atoms with van der Waals surface area (Å²) in [5.74, 6) is 0. The summed E-state index contributed by atoms with van der Waals surface area (Å²) >= 11 is 0. The Labute approximate surface area is 133 Å². The van der Waals surface area contributed by atoms with E-state index in [-0.39, 0.29) is 10.9 Å². The maximum absolute atomic E-state index is 12.3. The second kappa shape index (κ2) is 7.41. The monoisotopic (exact) mass is 326 g/mol. The van der Waals surface area contributed by atoms with E-state index in [9.17, 15) is 8.42 Å². The molecular formula is C15H26N4O2S. The number of nitrogens with one attached hydrogen (secondary N) is 1. The van der Waals surface area contributed by atoms with Crippen molar-refractivity contribution in [2.24, 2.45) is 0 Å². The van der Waals surface area contributed by atoms with Crippen LogP contribution in [0.25, 0.3) is 0 Å². The van der Waals surface area contributed by atoms with Gasteiger partial charge in [0.15, 0.2) is 0 Å². The summed E-state index contributed by atoms with van der Waals surface area (Å²) in [5, 5.41) is 0. The molecule has 1 heterocycles. The van der Waals surface area contributed by atoms with Gasteiger partial charge < -0.3 is 10.6 Å². The van der Waals surface area contributed by atoms with Crippen molar-refractivity contribution >= 4 is 15.7 Å². The Balaban J connectivity index is 1.87. The van der Waals surface area contributed by atoms with E-state index in [4.69, 9.17) is 5.73 Å². The molecule has 0 unspecified atom stereocenters. The van der Waals surface area contributed by atoms with Gasteiger partial charge in [-0.15, -0.1) is 0 Å². The highest BCUT2D eigenvalue weighted by molar-refractivity contribution is 7.89. The van der Waals surface area contributed by atoms with Crippen LogP contribution in [-0.2, 0) is 10.0 Å². The summed E-state index contributed by atoms with van der Waals surface area (Å²) in [6.45, 7) is 9.78. The quantitative estimate of drug-likeness (QED) is 0.748. The number of benzene rings is 1. The lowest BCUT2D eigenvalue weighted by molar-refractivity contribution is 0.107. The number of anilines is 1. The number of hydrogen-bond donors (Lipinski definition) is 2. The van der Waals surface area contributed by atoms with Crippen molar-refractivity contribution in [2.45, 2.75) is 24.8 Å². The summed E-state index contributed by atoms with van der Waals surface area (Å²) in [4.78, 5) is 4.99. The van der Waals surface area contributed by atoms with Crippen LogP contribution in [0.1, 0.15) is 13.8 Å². The molecule has 6 nitrogen and oxygen atoms in total. The third kappa shape index (κ3) is 4.42. The van der Waals surface area contributed by atoms with E-state index in [2.05, 4.69) is 28.4 Å². The van der Waals surface area contributed by atoms with Crippen LogP contribution in [0.3, 0.4) is 0 Å². The van der Waals surface area contributed by atoms with Gasteiger partial charge in [0.05, 0.1) is 4.90 Å². The molecule has 124 valence electrons. The number of hydrogen-bond acceptors (Lipinski definition) is 5. The van der Waals surface area contributed by atoms with E-state index in [1.54, 1.807) is 12.1 Å². The van der Waals surface area contributed by atoms with Crippen LogP contribution >= 0.6 is 0 Å². The number of nitrogens with zero attached hydrogens (tertiary/aromatic N) is 2. The van der Waals surface area contributed by atoms with Gasteiger partial charge in [-0.25, -0.2) is 13.1 Å². The molecule has 3 N–H and O–H groups in total. The van der Waals surface area contributed by atoms with Gasteiger partial charge in [0, 0.05) is 44.5 Å². The second-order valence-electron chi connectivity index (χ2n) is 5.74. The SMILES string of the molecule is CCN1CCN([C@H](C)CNS(=O)(=O)c2ccc(N)cc2)CC1. The Morgan fingerprint density at radius 3 is 2.32 bits per heavy atom. The van der Waals surface area contributed by atoms with Crippen LogP contribution in [0, 0.1) is 0 Å². The summed E-state index contributed by atoms with van der Waals surface area (Å²) in [7, 11) is -3.47. The minimum absolute atomic E-state index is 0.183. The van der Waals surface area contributed by atoms with Gasteiger partial charge in [0.25, 0.3) is 0 Å². The largest absolute Gasteiger partial charge is 0.399 e. The number of rotatable bonds is 6. The molecule has 1 aliphatic heterocycles. The van der Waals surface area contributed by atoms with Gasteiger partial charge in [-0.2, -0.15) is 0 Å². The van der Waals surface area contributed by atoms with Crippen molar-refractivity contribution < 1.29 is 8.42 Å². The van der Waals surface area contributed by atoms with E-state index in [1.165, 1.54) is 12.1 Å². The number of nitrogens with two attached hydrogens (primary N) is 1. The van der Waals surface area contributed by atoms with E-state index in [1.807, 2.05) is 0 Å². The van der Waals surface area contributed by atoms with Crippen LogP contribution < -0.4 is 10.5 Å². The maximum atomic E-state index is 12.3. The Kier molecular flexibility index (Phi) is 5.80. The lowest BCUT2D eigenvalue weighted by Gasteiger charge is -2.37. The van der Waals surface area contributed by atoms with Crippen molar-refractivity contribution in [3.05, 3.63) is 24.3 Å². The van der Waals surface area contributed by atoms with Gasteiger partial charge in [0.1, 0.15) is 0 Å². The molecule has 0 bridgehead atoms. The van der Waals surface area contributed by atoms with Crippen LogP contribution in [-0.4, -0.2) is 63.5 Å².